The highest BCUT2D eigenvalue weighted by molar-refractivity contribution is 6.03. The molecule has 196 valence electrons. The Bertz CT molecular complexity index is 2070. The van der Waals surface area contributed by atoms with Crippen LogP contribution in [0.5, 0.6) is 0 Å². The van der Waals surface area contributed by atoms with Gasteiger partial charge in [-0.05, 0) is 69.1 Å². The third kappa shape index (κ3) is 3.63. The number of anilines is 3. The second-order valence-corrected chi connectivity index (χ2v) is 11.2. The van der Waals surface area contributed by atoms with Crippen LogP contribution in [0.3, 0.4) is 0 Å². The monoisotopic (exact) mass is 528 g/mol. The van der Waals surface area contributed by atoms with E-state index in [1.807, 2.05) is 36.4 Å². The number of oxazole rings is 1. The second-order valence-electron chi connectivity index (χ2n) is 11.2. The topological polar surface area (TPSA) is 29.3 Å². The van der Waals surface area contributed by atoms with Gasteiger partial charge < -0.3 is 4.42 Å². The fourth-order valence-corrected chi connectivity index (χ4v) is 6.47. The number of aromatic nitrogens is 1. The molecule has 41 heavy (non-hydrogen) atoms. The van der Waals surface area contributed by atoms with Crippen LogP contribution in [0.25, 0.3) is 44.1 Å². The zero-order chi connectivity index (χ0) is 27.6. The molecule has 0 spiro atoms. The first-order valence-electron chi connectivity index (χ1n) is 14.1. The van der Waals surface area contributed by atoms with E-state index < -0.39 is 0 Å². The number of hydrogen-bond acceptors (Lipinski definition) is 3. The van der Waals surface area contributed by atoms with Gasteiger partial charge in [-0.1, -0.05) is 117 Å². The van der Waals surface area contributed by atoms with Gasteiger partial charge in [-0.3, -0.25) is 4.90 Å². The Balaban J connectivity index is 1.26. The van der Waals surface area contributed by atoms with E-state index in [9.17, 15) is 0 Å². The molecule has 0 amide bonds. The standard InChI is InChI=1S/C38H28N2O/c1-38(2)32-17-9-8-15-31(32)35-29(16-10-18-33(35)38)26-19-22-28(23-20-26)40(27-12-4-3-5-13-27)37-39-34-24-21-25-11-6-7-14-30(25)36(34)41-37/h3-24H,1-2H3. The first kappa shape index (κ1) is 23.7. The summed E-state index contributed by atoms with van der Waals surface area (Å²) in [5, 5.41) is 2.20. The van der Waals surface area contributed by atoms with Crippen LogP contribution in [0.1, 0.15) is 25.0 Å². The summed E-state index contributed by atoms with van der Waals surface area (Å²) in [7, 11) is 0. The maximum atomic E-state index is 6.50. The Labute approximate surface area is 239 Å². The summed E-state index contributed by atoms with van der Waals surface area (Å²) in [6.07, 6.45) is 0. The van der Waals surface area contributed by atoms with E-state index in [2.05, 4.69) is 116 Å². The average molecular weight is 529 g/mol. The Hall–Kier alpha value is -5.15. The zero-order valence-electron chi connectivity index (χ0n) is 23.0. The molecule has 3 nitrogen and oxygen atoms in total. The fourth-order valence-electron chi connectivity index (χ4n) is 6.47. The van der Waals surface area contributed by atoms with Crippen molar-refractivity contribution in [2.24, 2.45) is 0 Å². The summed E-state index contributed by atoms with van der Waals surface area (Å²) in [5.41, 5.74) is 11.5. The Kier molecular flexibility index (Phi) is 5.17. The molecular weight excluding hydrogens is 500 g/mol. The minimum Gasteiger partial charge on any atom is -0.422 e. The highest BCUT2D eigenvalue weighted by atomic mass is 16.4. The van der Waals surface area contributed by atoms with Crippen LogP contribution in [-0.4, -0.2) is 4.98 Å². The third-order valence-electron chi connectivity index (χ3n) is 8.52. The normalized spacial score (nSPS) is 13.3. The van der Waals surface area contributed by atoms with Crippen molar-refractivity contribution < 1.29 is 4.42 Å². The predicted octanol–water partition coefficient (Wildman–Crippen LogP) is 10.4. The van der Waals surface area contributed by atoms with Crippen LogP contribution in [0.4, 0.5) is 17.4 Å². The van der Waals surface area contributed by atoms with Crippen molar-refractivity contribution in [3.8, 4) is 22.3 Å². The van der Waals surface area contributed by atoms with Gasteiger partial charge in [0.25, 0.3) is 0 Å². The van der Waals surface area contributed by atoms with Crippen molar-refractivity contribution in [1.82, 2.24) is 4.98 Å². The molecule has 7 aromatic rings. The summed E-state index contributed by atoms with van der Waals surface area (Å²) in [5.74, 6) is 0. The van der Waals surface area contributed by atoms with Crippen molar-refractivity contribution in [3.63, 3.8) is 0 Å². The van der Waals surface area contributed by atoms with Crippen molar-refractivity contribution in [3.05, 3.63) is 145 Å². The number of hydrogen-bond donors (Lipinski definition) is 0. The smallest absolute Gasteiger partial charge is 0.307 e. The zero-order valence-corrected chi connectivity index (χ0v) is 23.0. The lowest BCUT2D eigenvalue weighted by Crippen LogP contribution is -2.14. The van der Waals surface area contributed by atoms with Crippen LogP contribution in [0, 0.1) is 0 Å². The molecule has 0 bridgehead atoms. The lowest BCUT2D eigenvalue weighted by molar-refractivity contribution is 0.611. The van der Waals surface area contributed by atoms with Gasteiger partial charge in [0, 0.05) is 10.8 Å². The van der Waals surface area contributed by atoms with E-state index in [1.165, 1.54) is 33.4 Å². The Morgan fingerprint density at radius 2 is 1.27 bits per heavy atom. The van der Waals surface area contributed by atoms with Gasteiger partial charge in [0.15, 0.2) is 5.58 Å². The maximum Gasteiger partial charge on any atom is 0.307 e. The van der Waals surface area contributed by atoms with E-state index in [0.717, 1.165) is 33.2 Å². The number of nitrogens with zero attached hydrogens (tertiary/aromatic N) is 2. The minimum absolute atomic E-state index is 0.0247. The summed E-state index contributed by atoms with van der Waals surface area (Å²) in [6, 6.07) is 47.5. The van der Waals surface area contributed by atoms with Gasteiger partial charge in [0.1, 0.15) is 5.52 Å². The minimum atomic E-state index is -0.0247. The maximum absolute atomic E-state index is 6.50. The van der Waals surface area contributed by atoms with Gasteiger partial charge in [-0.25, -0.2) is 0 Å². The number of benzene rings is 6. The van der Waals surface area contributed by atoms with E-state index in [1.54, 1.807) is 0 Å². The quantitative estimate of drug-likeness (QED) is 0.228. The predicted molar refractivity (Wildman–Crippen MR) is 169 cm³/mol. The van der Waals surface area contributed by atoms with Crippen molar-refractivity contribution in [1.29, 1.82) is 0 Å². The number of para-hydroxylation sites is 1. The second kappa shape index (κ2) is 8.94. The first-order chi connectivity index (χ1) is 20.1. The van der Waals surface area contributed by atoms with Crippen LogP contribution in [0.2, 0.25) is 0 Å². The molecule has 1 heterocycles. The molecule has 3 heteroatoms. The van der Waals surface area contributed by atoms with Gasteiger partial charge >= 0.3 is 6.01 Å². The van der Waals surface area contributed by atoms with E-state index in [0.29, 0.717) is 6.01 Å². The van der Waals surface area contributed by atoms with E-state index >= 15 is 0 Å². The highest BCUT2D eigenvalue weighted by Gasteiger charge is 2.36. The summed E-state index contributed by atoms with van der Waals surface area (Å²) >= 11 is 0. The molecule has 0 radical (unpaired) electrons. The van der Waals surface area contributed by atoms with Crippen molar-refractivity contribution >= 4 is 39.3 Å². The molecule has 0 saturated heterocycles. The highest BCUT2D eigenvalue weighted by Crippen LogP contribution is 2.52. The van der Waals surface area contributed by atoms with Crippen molar-refractivity contribution in [2.45, 2.75) is 19.3 Å². The fraction of sp³-hybridized carbons (Fsp3) is 0.0789. The Morgan fingerprint density at radius 3 is 2.12 bits per heavy atom. The van der Waals surface area contributed by atoms with Gasteiger partial charge in [0.05, 0.1) is 11.4 Å². The first-order valence-corrected chi connectivity index (χ1v) is 14.1. The third-order valence-corrected chi connectivity index (χ3v) is 8.52. The van der Waals surface area contributed by atoms with Crippen LogP contribution in [-0.2, 0) is 5.41 Å². The molecule has 0 unspecified atom stereocenters. The van der Waals surface area contributed by atoms with E-state index in [-0.39, 0.29) is 5.41 Å². The molecule has 6 aromatic carbocycles. The SMILES string of the molecule is CC1(C)c2ccccc2-c2c(-c3ccc(N(c4ccccc4)c4nc5ccc6ccccc6c5o4)cc3)cccc21. The molecule has 0 fully saturated rings. The summed E-state index contributed by atoms with van der Waals surface area (Å²) < 4.78 is 6.50. The van der Waals surface area contributed by atoms with Crippen LogP contribution >= 0.6 is 0 Å². The van der Waals surface area contributed by atoms with Crippen molar-refractivity contribution in [2.75, 3.05) is 4.90 Å². The number of fused-ring (bicyclic) bond motifs is 6. The molecular formula is C38H28N2O. The van der Waals surface area contributed by atoms with Crippen LogP contribution in [0.15, 0.2) is 138 Å². The van der Waals surface area contributed by atoms with E-state index in [4.69, 9.17) is 9.40 Å². The molecule has 0 atom stereocenters. The molecule has 0 N–H and O–H groups in total. The molecule has 1 aromatic heterocycles. The molecule has 1 aliphatic rings. The van der Waals surface area contributed by atoms with Gasteiger partial charge in [-0.15, -0.1) is 0 Å². The molecule has 1 aliphatic carbocycles. The number of rotatable bonds is 4. The molecule has 0 saturated carbocycles. The van der Waals surface area contributed by atoms with Crippen LogP contribution < -0.4 is 4.90 Å². The summed E-state index contributed by atoms with van der Waals surface area (Å²) in [6.45, 7) is 4.65. The van der Waals surface area contributed by atoms with Gasteiger partial charge in [-0.2, -0.15) is 4.98 Å². The largest absolute Gasteiger partial charge is 0.422 e. The molecule has 0 aliphatic heterocycles. The lowest BCUT2D eigenvalue weighted by Gasteiger charge is -2.22. The Morgan fingerprint density at radius 1 is 0.585 bits per heavy atom. The average Bonchev–Trinajstić information content (AvgIpc) is 3.55. The lowest BCUT2D eigenvalue weighted by atomic mass is 9.82. The molecule has 8 rings (SSSR count). The van der Waals surface area contributed by atoms with Gasteiger partial charge in [0.2, 0.25) is 0 Å². The summed E-state index contributed by atoms with van der Waals surface area (Å²) in [4.78, 5) is 7.03.